The molecule has 0 spiro atoms. The fourth-order valence-corrected chi connectivity index (χ4v) is 3.07. The number of H-pyrrole nitrogens is 1. The van der Waals surface area contributed by atoms with E-state index < -0.39 is 5.97 Å². The minimum absolute atomic E-state index is 0.0673. The summed E-state index contributed by atoms with van der Waals surface area (Å²) >= 11 is 0. The first-order valence-corrected chi connectivity index (χ1v) is 8.42. The van der Waals surface area contributed by atoms with Crippen LogP contribution in [0.4, 0.5) is 0 Å². The summed E-state index contributed by atoms with van der Waals surface area (Å²) in [6, 6.07) is 8.17. The van der Waals surface area contributed by atoms with E-state index in [1.54, 1.807) is 36.5 Å². The molecule has 132 valence electrons. The van der Waals surface area contributed by atoms with Crippen LogP contribution in [-0.4, -0.2) is 40.2 Å². The average Bonchev–Trinajstić information content (AvgIpc) is 2.59. The molecule has 6 heteroatoms. The molecule has 0 saturated carbocycles. The monoisotopic (exact) mass is 342 g/mol. The lowest BCUT2D eigenvalue weighted by molar-refractivity contribution is 0.0696. The number of ether oxygens (including phenoxy) is 1. The van der Waals surface area contributed by atoms with Crippen molar-refractivity contribution < 1.29 is 14.6 Å². The van der Waals surface area contributed by atoms with Gasteiger partial charge in [-0.1, -0.05) is 0 Å². The standard InChI is InChI=1S/C19H22N2O4/c1-13-10-18(22)20-11-15(13)12-21-8-6-17(7-9-21)25-16-4-2-14(3-5-16)19(23)24/h2-5,10-11,17H,6-9,12H2,1H3,(H,20,22)(H,23,24). The zero-order valence-corrected chi connectivity index (χ0v) is 14.2. The largest absolute Gasteiger partial charge is 0.490 e. The molecule has 2 aromatic rings. The SMILES string of the molecule is Cc1cc(=O)[nH]cc1CN1CCC(Oc2ccc(C(=O)O)cc2)CC1. The van der Waals surface area contributed by atoms with E-state index in [1.165, 1.54) is 0 Å². The van der Waals surface area contributed by atoms with Crippen molar-refractivity contribution in [3.63, 3.8) is 0 Å². The van der Waals surface area contributed by atoms with Crippen molar-refractivity contribution in [3.8, 4) is 5.75 Å². The van der Waals surface area contributed by atoms with Gasteiger partial charge in [0.25, 0.3) is 0 Å². The molecule has 3 rings (SSSR count). The Morgan fingerprint density at radius 3 is 2.56 bits per heavy atom. The maximum Gasteiger partial charge on any atom is 0.335 e. The molecular formula is C19H22N2O4. The van der Waals surface area contributed by atoms with E-state index in [-0.39, 0.29) is 17.2 Å². The molecule has 1 fully saturated rings. The van der Waals surface area contributed by atoms with Crippen molar-refractivity contribution in [3.05, 3.63) is 63.6 Å². The van der Waals surface area contributed by atoms with Gasteiger partial charge in [-0.05, 0) is 55.2 Å². The Morgan fingerprint density at radius 1 is 1.28 bits per heavy atom. The number of aromatic amines is 1. The van der Waals surface area contributed by atoms with Gasteiger partial charge in [-0.3, -0.25) is 9.69 Å². The van der Waals surface area contributed by atoms with Gasteiger partial charge in [0.15, 0.2) is 0 Å². The summed E-state index contributed by atoms with van der Waals surface area (Å²) < 4.78 is 5.96. The summed E-state index contributed by atoms with van der Waals surface area (Å²) in [5.41, 5.74) is 2.35. The summed E-state index contributed by atoms with van der Waals surface area (Å²) in [6.07, 6.45) is 3.78. The first-order chi connectivity index (χ1) is 12.0. The Bertz CT molecular complexity index is 790. The number of carbonyl (C=O) groups is 1. The van der Waals surface area contributed by atoms with Gasteiger partial charge in [-0.2, -0.15) is 0 Å². The quantitative estimate of drug-likeness (QED) is 0.872. The van der Waals surface area contributed by atoms with E-state index in [0.29, 0.717) is 5.75 Å². The van der Waals surface area contributed by atoms with Crippen LogP contribution in [0.3, 0.4) is 0 Å². The first-order valence-electron chi connectivity index (χ1n) is 8.42. The fraction of sp³-hybridized carbons (Fsp3) is 0.368. The number of benzene rings is 1. The third-order valence-corrected chi connectivity index (χ3v) is 4.58. The molecule has 25 heavy (non-hydrogen) atoms. The minimum atomic E-state index is -0.933. The highest BCUT2D eigenvalue weighted by Crippen LogP contribution is 2.21. The molecule has 0 amide bonds. The van der Waals surface area contributed by atoms with E-state index in [2.05, 4.69) is 9.88 Å². The van der Waals surface area contributed by atoms with Crippen molar-refractivity contribution in [2.45, 2.75) is 32.4 Å². The highest BCUT2D eigenvalue weighted by atomic mass is 16.5. The normalized spacial score (nSPS) is 15.9. The third kappa shape index (κ3) is 4.48. The van der Waals surface area contributed by atoms with Crippen LogP contribution in [0.5, 0.6) is 5.75 Å². The number of pyridine rings is 1. The summed E-state index contributed by atoms with van der Waals surface area (Å²) in [6.45, 7) is 4.64. The predicted molar refractivity (Wildman–Crippen MR) is 94.1 cm³/mol. The van der Waals surface area contributed by atoms with Crippen LogP contribution in [0.1, 0.15) is 34.3 Å². The summed E-state index contributed by atoms with van der Waals surface area (Å²) in [4.78, 5) is 27.2. The Hall–Kier alpha value is -2.60. The molecule has 6 nitrogen and oxygen atoms in total. The van der Waals surface area contributed by atoms with Gasteiger partial charge in [0, 0.05) is 31.9 Å². The lowest BCUT2D eigenvalue weighted by Crippen LogP contribution is -2.38. The second-order valence-corrected chi connectivity index (χ2v) is 6.43. The van der Waals surface area contributed by atoms with Crippen LogP contribution in [0, 0.1) is 6.92 Å². The van der Waals surface area contributed by atoms with Crippen LogP contribution in [0.15, 0.2) is 41.3 Å². The van der Waals surface area contributed by atoms with Gasteiger partial charge in [0.05, 0.1) is 5.56 Å². The van der Waals surface area contributed by atoms with Crippen molar-refractivity contribution >= 4 is 5.97 Å². The molecule has 0 atom stereocenters. The van der Waals surface area contributed by atoms with Gasteiger partial charge in [0.2, 0.25) is 5.56 Å². The number of aromatic carboxylic acids is 1. The number of nitrogens with one attached hydrogen (secondary N) is 1. The third-order valence-electron chi connectivity index (χ3n) is 4.58. The first kappa shape index (κ1) is 17.2. The van der Waals surface area contributed by atoms with Crippen molar-refractivity contribution in [1.82, 2.24) is 9.88 Å². The van der Waals surface area contributed by atoms with E-state index in [1.807, 2.05) is 6.92 Å². The van der Waals surface area contributed by atoms with E-state index >= 15 is 0 Å². The number of hydrogen-bond acceptors (Lipinski definition) is 4. The second kappa shape index (κ2) is 7.53. The molecule has 1 aliphatic heterocycles. The number of hydrogen-bond donors (Lipinski definition) is 2. The summed E-state index contributed by atoms with van der Waals surface area (Å²) in [7, 11) is 0. The highest BCUT2D eigenvalue weighted by molar-refractivity contribution is 5.87. The van der Waals surface area contributed by atoms with Gasteiger partial charge in [-0.25, -0.2) is 4.79 Å². The predicted octanol–water partition coefficient (Wildman–Crippen LogP) is 2.42. The number of carboxylic acids is 1. The Balaban J connectivity index is 1.51. The maximum absolute atomic E-state index is 11.3. The molecular weight excluding hydrogens is 320 g/mol. The average molecular weight is 342 g/mol. The molecule has 1 aromatic heterocycles. The number of rotatable bonds is 5. The van der Waals surface area contributed by atoms with Crippen molar-refractivity contribution in [1.29, 1.82) is 0 Å². The van der Waals surface area contributed by atoms with Crippen LogP contribution in [-0.2, 0) is 6.54 Å². The fourth-order valence-electron chi connectivity index (χ4n) is 3.07. The number of likely N-dealkylation sites (tertiary alicyclic amines) is 1. The number of nitrogens with zero attached hydrogens (tertiary/aromatic N) is 1. The number of piperidine rings is 1. The number of aryl methyl sites for hydroxylation is 1. The molecule has 2 heterocycles. The van der Waals surface area contributed by atoms with E-state index in [4.69, 9.17) is 9.84 Å². The second-order valence-electron chi connectivity index (χ2n) is 6.43. The van der Waals surface area contributed by atoms with Crippen molar-refractivity contribution in [2.24, 2.45) is 0 Å². The zero-order chi connectivity index (χ0) is 17.8. The molecule has 1 aromatic carbocycles. The Labute approximate surface area is 146 Å². The molecule has 0 bridgehead atoms. The van der Waals surface area contributed by atoms with Gasteiger partial charge in [-0.15, -0.1) is 0 Å². The molecule has 0 radical (unpaired) electrons. The van der Waals surface area contributed by atoms with Crippen LogP contribution < -0.4 is 10.3 Å². The summed E-state index contributed by atoms with van der Waals surface area (Å²) in [5, 5.41) is 8.92. The summed E-state index contributed by atoms with van der Waals surface area (Å²) in [5.74, 6) is -0.225. The molecule has 0 aliphatic carbocycles. The van der Waals surface area contributed by atoms with Crippen LogP contribution in [0.2, 0.25) is 0 Å². The van der Waals surface area contributed by atoms with Crippen LogP contribution in [0.25, 0.3) is 0 Å². The smallest absolute Gasteiger partial charge is 0.335 e. The zero-order valence-electron chi connectivity index (χ0n) is 14.2. The number of aromatic nitrogens is 1. The maximum atomic E-state index is 11.3. The molecule has 0 unspecified atom stereocenters. The van der Waals surface area contributed by atoms with Crippen molar-refractivity contribution in [2.75, 3.05) is 13.1 Å². The van der Waals surface area contributed by atoms with E-state index in [9.17, 15) is 9.59 Å². The van der Waals surface area contributed by atoms with Gasteiger partial charge < -0.3 is 14.8 Å². The van der Waals surface area contributed by atoms with Gasteiger partial charge >= 0.3 is 5.97 Å². The topological polar surface area (TPSA) is 82.6 Å². The molecule has 1 aliphatic rings. The molecule has 1 saturated heterocycles. The molecule has 2 N–H and O–H groups in total. The Morgan fingerprint density at radius 2 is 1.96 bits per heavy atom. The van der Waals surface area contributed by atoms with Gasteiger partial charge in [0.1, 0.15) is 11.9 Å². The lowest BCUT2D eigenvalue weighted by atomic mass is 10.1. The minimum Gasteiger partial charge on any atom is -0.490 e. The van der Waals surface area contributed by atoms with E-state index in [0.717, 1.165) is 43.6 Å². The highest BCUT2D eigenvalue weighted by Gasteiger charge is 2.21. The van der Waals surface area contributed by atoms with Crippen LogP contribution >= 0.6 is 0 Å². The Kier molecular flexibility index (Phi) is 5.19. The number of carboxylic acid groups (broad SMARTS) is 1. The lowest BCUT2D eigenvalue weighted by Gasteiger charge is -2.32.